The largest absolute Gasteiger partial charge is 0.507 e. The van der Waals surface area contributed by atoms with E-state index in [1.165, 1.54) is 41.3 Å². The highest BCUT2D eigenvalue weighted by Gasteiger charge is 2.46. The number of benzene rings is 2. The summed E-state index contributed by atoms with van der Waals surface area (Å²) in [5, 5.41) is 21.9. The maximum atomic E-state index is 13.3. The van der Waals surface area contributed by atoms with Crippen LogP contribution in [-0.2, 0) is 9.59 Å². The van der Waals surface area contributed by atoms with E-state index < -0.39 is 34.2 Å². The van der Waals surface area contributed by atoms with E-state index in [0.717, 1.165) is 25.2 Å². The predicted octanol–water partition coefficient (Wildman–Crippen LogP) is 3.50. The van der Waals surface area contributed by atoms with Gasteiger partial charge in [-0.15, -0.1) is 0 Å². The van der Waals surface area contributed by atoms with Crippen molar-refractivity contribution in [2.75, 3.05) is 26.2 Å². The van der Waals surface area contributed by atoms with Crippen molar-refractivity contribution in [2.45, 2.75) is 19.9 Å². The average molecular weight is 441 g/mol. The van der Waals surface area contributed by atoms with Crippen molar-refractivity contribution in [1.29, 1.82) is 0 Å². The zero-order valence-electron chi connectivity index (χ0n) is 17.8. The molecule has 2 aromatic rings. The van der Waals surface area contributed by atoms with Crippen molar-refractivity contribution in [1.82, 2.24) is 9.80 Å². The zero-order chi connectivity index (χ0) is 23.4. The van der Waals surface area contributed by atoms with Crippen molar-refractivity contribution in [3.63, 3.8) is 0 Å². The van der Waals surface area contributed by atoms with Crippen LogP contribution in [-0.4, -0.2) is 57.7 Å². The molecule has 0 spiro atoms. The Labute approximate surface area is 184 Å². The third-order valence-corrected chi connectivity index (χ3v) is 5.63. The topological polar surface area (TPSA) is 104 Å². The first-order chi connectivity index (χ1) is 15.3. The van der Waals surface area contributed by atoms with Crippen LogP contribution in [0.2, 0.25) is 0 Å². The summed E-state index contributed by atoms with van der Waals surface area (Å²) in [6, 6.07) is 9.53. The monoisotopic (exact) mass is 441 g/mol. The number of ketones is 1. The summed E-state index contributed by atoms with van der Waals surface area (Å²) < 4.78 is 13.3. The lowest BCUT2D eigenvalue weighted by atomic mass is 9.95. The summed E-state index contributed by atoms with van der Waals surface area (Å²) in [7, 11) is 0. The molecule has 32 heavy (non-hydrogen) atoms. The van der Waals surface area contributed by atoms with Gasteiger partial charge in [0.25, 0.3) is 17.4 Å². The van der Waals surface area contributed by atoms with Crippen LogP contribution >= 0.6 is 0 Å². The minimum absolute atomic E-state index is 0.130. The van der Waals surface area contributed by atoms with Crippen LogP contribution in [0.5, 0.6) is 0 Å². The number of hydrogen-bond donors (Lipinski definition) is 1. The first-order valence-electron chi connectivity index (χ1n) is 10.3. The molecule has 1 heterocycles. The van der Waals surface area contributed by atoms with Gasteiger partial charge in [0.15, 0.2) is 0 Å². The number of amides is 1. The second kappa shape index (κ2) is 9.69. The second-order valence-electron chi connectivity index (χ2n) is 7.37. The molecule has 0 radical (unpaired) electrons. The van der Waals surface area contributed by atoms with Crippen molar-refractivity contribution < 1.29 is 24.0 Å². The summed E-state index contributed by atoms with van der Waals surface area (Å²) >= 11 is 0. The molecule has 1 fully saturated rings. The highest BCUT2D eigenvalue weighted by Crippen LogP contribution is 2.39. The maximum absolute atomic E-state index is 13.3. The number of nitro benzene ring substituents is 1. The molecule has 0 saturated carbocycles. The Morgan fingerprint density at radius 2 is 1.69 bits per heavy atom. The molecular weight excluding hydrogens is 417 g/mol. The number of carbonyl (C=O) groups excluding carboxylic acids is 2. The van der Waals surface area contributed by atoms with E-state index in [-0.39, 0.29) is 23.4 Å². The molecule has 0 aromatic heterocycles. The van der Waals surface area contributed by atoms with E-state index >= 15 is 0 Å². The number of likely N-dealkylation sites (N-methyl/N-ethyl adjacent to an activating group) is 1. The van der Waals surface area contributed by atoms with Crippen molar-refractivity contribution >= 4 is 23.1 Å². The number of carbonyl (C=O) groups is 2. The smallest absolute Gasteiger partial charge is 0.295 e. The summed E-state index contributed by atoms with van der Waals surface area (Å²) in [5.74, 6) is -2.54. The zero-order valence-corrected chi connectivity index (χ0v) is 17.8. The Balaban J connectivity index is 2.10. The van der Waals surface area contributed by atoms with E-state index in [0.29, 0.717) is 12.1 Å². The molecule has 1 aliphatic heterocycles. The molecule has 1 amide bonds. The summed E-state index contributed by atoms with van der Waals surface area (Å²) in [5.41, 5.74) is 0.389. The number of hydrogen-bond acceptors (Lipinski definition) is 6. The fourth-order valence-corrected chi connectivity index (χ4v) is 3.79. The quantitative estimate of drug-likeness (QED) is 0.221. The van der Waals surface area contributed by atoms with Crippen LogP contribution in [0, 0.1) is 15.9 Å². The molecule has 2 aromatic carbocycles. The Morgan fingerprint density at radius 1 is 1.09 bits per heavy atom. The van der Waals surface area contributed by atoms with Crippen molar-refractivity contribution in [3.05, 3.63) is 81.2 Å². The van der Waals surface area contributed by atoms with Crippen LogP contribution < -0.4 is 0 Å². The van der Waals surface area contributed by atoms with Gasteiger partial charge in [-0.1, -0.05) is 13.8 Å². The molecule has 0 unspecified atom stereocenters. The van der Waals surface area contributed by atoms with Gasteiger partial charge >= 0.3 is 0 Å². The van der Waals surface area contributed by atoms with Gasteiger partial charge in [0.2, 0.25) is 0 Å². The number of rotatable bonds is 8. The summed E-state index contributed by atoms with van der Waals surface area (Å²) in [6.45, 7) is 6.24. The second-order valence-corrected chi connectivity index (χ2v) is 7.37. The van der Waals surface area contributed by atoms with Gasteiger partial charge in [-0.05, 0) is 55.1 Å². The molecular formula is C23H24FN3O5. The van der Waals surface area contributed by atoms with Crippen LogP contribution in [0.1, 0.15) is 31.0 Å². The van der Waals surface area contributed by atoms with Gasteiger partial charge < -0.3 is 14.9 Å². The number of aliphatic hydroxyl groups excluding tert-OH is 1. The van der Waals surface area contributed by atoms with Gasteiger partial charge in [0.05, 0.1) is 16.5 Å². The normalized spacial score (nSPS) is 17.9. The maximum Gasteiger partial charge on any atom is 0.295 e. The first kappa shape index (κ1) is 23.1. The molecule has 1 aliphatic rings. The minimum Gasteiger partial charge on any atom is -0.507 e. The lowest BCUT2D eigenvalue weighted by Crippen LogP contribution is -2.38. The van der Waals surface area contributed by atoms with Crippen molar-refractivity contribution in [3.8, 4) is 0 Å². The highest BCUT2D eigenvalue weighted by molar-refractivity contribution is 6.46. The van der Waals surface area contributed by atoms with Crippen LogP contribution in [0.3, 0.4) is 0 Å². The van der Waals surface area contributed by atoms with Gasteiger partial charge in [-0.3, -0.25) is 19.7 Å². The third kappa shape index (κ3) is 4.52. The van der Waals surface area contributed by atoms with E-state index in [2.05, 4.69) is 4.90 Å². The standard InChI is InChI=1S/C23H24FN3O5/c1-3-25(4-2)13-14-26-20(15-7-11-18(12-8-15)27(31)32)19(22(29)23(26)30)21(28)16-5-9-17(24)10-6-16/h5-12,20,28H,3-4,13-14H2,1-2H3/t20-/m0/s1. The molecule has 0 bridgehead atoms. The highest BCUT2D eigenvalue weighted by atomic mass is 19.1. The molecule has 1 saturated heterocycles. The van der Waals surface area contributed by atoms with E-state index in [1.54, 1.807) is 0 Å². The van der Waals surface area contributed by atoms with Crippen LogP contribution in [0.15, 0.2) is 54.1 Å². The Kier molecular flexibility index (Phi) is 6.99. The Bertz CT molecular complexity index is 1050. The van der Waals surface area contributed by atoms with Crippen molar-refractivity contribution in [2.24, 2.45) is 0 Å². The minimum atomic E-state index is -0.920. The lowest BCUT2D eigenvalue weighted by molar-refractivity contribution is -0.384. The number of likely N-dealkylation sites (tertiary alicyclic amines) is 1. The average Bonchev–Trinajstić information content (AvgIpc) is 3.04. The van der Waals surface area contributed by atoms with Gasteiger partial charge in [-0.2, -0.15) is 0 Å². The molecule has 3 rings (SSSR count). The van der Waals surface area contributed by atoms with E-state index in [9.17, 15) is 29.2 Å². The fourth-order valence-electron chi connectivity index (χ4n) is 3.79. The number of nitro groups is 1. The lowest BCUT2D eigenvalue weighted by Gasteiger charge is -2.28. The van der Waals surface area contributed by atoms with Gasteiger partial charge in [0, 0.05) is 30.8 Å². The SMILES string of the molecule is CCN(CC)CCN1C(=O)C(=O)C(=C(O)c2ccc(F)cc2)[C@@H]1c1ccc([N+](=O)[O-])cc1. The first-order valence-corrected chi connectivity index (χ1v) is 10.3. The molecule has 9 heteroatoms. The number of non-ortho nitro benzene ring substituents is 1. The third-order valence-electron chi connectivity index (χ3n) is 5.63. The molecule has 1 atom stereocenters. The molecule has 168 valence electrons. The number of halogens is 1. The number of aliphatic hydroxyl groups is 1. The molecule has 8 nitrogen and oxygen atoms in total. The van der Waals surface area contributed by atoms with Gasteiger partial charge in [0.1, 0.15) is 11.6 Å². The fraction of sp³-hybridized carbons (Fsp3) is 0.304. The number of Topliss-reactive ketones (excluding diaryl/α,β-unsaturated/α-hetero) is 1. The Morgan fingerprint density at radius 3 is 2.22 bits per heavy atom. The summed E-state index contributed by atoms with van der Waals surface area (Å²) in [6.07, 6.45) is 0. The van der Waals surface area contributed by atoms with E-state index in [1.807, 2.05) is 13.8 Å². The predicted molar refractivity (Wildman–Crippen MR) is 116 cm³/mol. The van der Waals surface area contributed by atoms with Crippen LogP contribution in [0.25, 0.3) is 5.76 Å². The number of nitrogens with zero attached hydrogens (tertiary/aromatic N) is 3. The van der Waals surface area contributed by atoms with E-state index in [4.69, 9.17) is 0 Å². The van der Waals surface area contributed by atoms with Crippen LogP contribution in [0.4, 0.5) is 10.1 Å². The molecule has 0 aliphatic carbocycles. The molecule has 1 N–H and O–H groups in total. The summed E-state index contributed by atoms with van der Waals surface area (Å²) in [4.78, 5) is 39.8. The van der Waals surface area contributed by atoms with Gasteiger partial charge in [-0.25, -0.2) is 4.39 Å². The Hall–Kier alpha value is -3.59.